The number of rotatable bonds is 3. The lowest BCUT2D eigenvalue weighted by atomic mass is 10.1. The van der Waals surface area contributed by atoms with Gasteiger partial charge in [-0.3, -0.25) is 9.48 Å². The van der Waals surface area contributed by atoms with Gasteiger partial charge in [0.15, 0.2) is 0 Å². The predicted octanol–water partition coefficient (Wildman–Crippen LogP) is 1.64. The summed E-state index contributed by atoms with van der Waals surface area (Å²) in [5.74, 6) is 1.55. The smallest absolute Gasteiger partial charge is 0.270 e. The van der Waals surface area contributed by atoms with Crippen molar-refractivity contribution >= 4 is 5.91 Å². The third kappa shape index (κ3) is 2.41. The van der Waals surface area contributed by atoms with Crippen molar-refractivity contribution in [1.29, 1.82) is 0 Å². The van der Waals surface area contributed by atoms with E-state index >= 15 is 0 Å². The fraction of sp³-hybridized carbons (Fsp3) is 0.250. The van der Waals surface area contributed by atoms with Crippen molar-refractivity contribution in [2.24, 2.45) is 7.05 Å². The Morgan fingerprint density at radius 3 is 2.96 bits per heavy atom. The van der Waals surface area contributed by atoms with Crippen LogP contribution in [0.25, 0.3) is 11.4 Å². The van der Waals surface area contributed by atoms with Crippen molar-refractivity contribution in [1.82, 2.24) is 25.2 Å². The predicted molar refractivity (Wildman–Crippen MR) is 83.4 cm³/mol. The molecule has 2 aromatic heterocycles. The number of hydrogen-bond donors (Lipinski definition) is 1. The van der Waals surface area contributed by atoms with Crippen LogP contribution in [0.5, 0.6) is 5.75 Å². The lowest BCUT2D eigenvalue weighted by Gasteiger charge is -2.11. The van der Waals surface area contributed by atoms with E-state index in [0.717, 1.165) is 11.1 Å². The summed E-state index contributed by atoms with van der Waals surface area (Å²) in [5, 5.41) is 10.9. The largest absolute Gasteiger partial charge is 0.491 e. The van der Waals surface area contributed by atoms with E-state index in [9.17, 15) is 4.79 Å². The van der Waals surface area contributed by atoms with Gasteiger partial charge in [-0.25, -0.2) is 0 Å². The van der Waals surface area contributed by atoms with E-state index in [0.29, 0.717) is 29.8 Å². The number of carbonyl (C=O) groups is 1. The zero-order chi connectivity index (χ0) is 16.7. The number of fused-ring (bicyclic) bond motifs is 1. The molecule has 0 spiro atoms. The Morgan fingerprint density at radius 1 is 1.38 bits per heavy atom. The van der Waals surface area contributed by atoms with Crippen LogP contribution in [-0.2, 0) is 7.05 Å². The van der Waals surface area contributed by atoms with Crippen molar-refractivity contribution in [3.8, 4) is 17.1 Å². The summed E-state index contributed by atoms with van der Waals surface area (Å²) in [7, 11) is 1.73. The van der Waals surface area contributed by atoms with Gasteiger partial charge in [-0.05, 0) is 12.1 Å². The first-order valence-corrected chi connectivity index (χ1v) is 7.48. The molecular formula is C16H15N5O3. The van der Waals surface area contributed by atoms with Crippen LogP contribution >= 0.6 is 0 Å². The lowest BCUT2D eigenvalue weighted by molar-refractivity contribution is 0.0920. The van der Waals surface area contributed by atoms with Crippen molar-refractivity contribution < 1.29 is 14.1 Å². The van der Waals surface area contributed by atoms with Crippen LogP contribution in [-0.4, -0.2) is 32.4 Å². The summed E-state index contributed by atoms with van der Waals surface area (Å²) < 4.78 is 12.2. The highest BCUT2D eigenvalue weighted by molar-refractivity contribution is 5.92. The molecule has 1 amide bonds. The number of nitrogens with one attached hydrogen (secondary N) is 1. The van der Waals surface area contributed by atoms with Crippen LogP contribution in [0.15, 0.2) is 35.0 Å². The average Bonchev–Trinajstić information content (AvgIpc) is 3.27. The molecule has 3 aromatic rings. The van der Waals surface area contributed by atoms with Gasteiger partial charge in [-0.1, -0.05) is 17.3 Å². The second kappa shape index (κ2) is 5.48. The number of carbonyl (C=O) groups excluding carboxylic acids is 1. The normalized spacial score (nSPS) is 15.8. The molecular weight excluding hydrogens is 310 g/mol. The molecule has 8 nitrogen and oxygen atoms in total. The van der Waals surface area contributed by atoms with Crippen LogP contribution in [0.4, 0.5) is 0 Å². The fourth-order valence-electron chi connectivity index (χ4n) is 2.71. The topological polar surface area (TPSA) is 95.1 Å². The number of nitrogens with zero attached hydrogens (tertiary/aromatic N) is 4. The molecule has 24 heavy (non-hydrogen) atoms. The minimum Gasteiger partial charge on any atom is -0.491 e. The summed E-state index contributed by atoms with van der Waals surface area (Å²) in [4.78, 5) is 16.5. The monoisotopic (exact) mass is 325 g/mol. The standard InChI is InChI=1S/C16H15N5O3/c1-9-18-15(20-24-9)10-3-4-11-12(8-23-14(11)7-10)19-16(22)13-5-6-17-21(13)2/h3-7,12H,8H2,1-2H3,(H,19,22)/t12-/m1/s1. The van der Waals surface area contributed by atoms with E-state index in [2.05, 4.69) is 20.6 Å². The number of benzene rings is 1. The van der Waals surface area contributed by atoms with E-state index in [4.69, 9.17) is 9.26 Å². The van der Waals surface area contributed by atoms with Crippen molar-refractivity contribution in [3.05, 3.63) is 47.6 Å². The number of ether oxygens (including phenoxy) is 1. The van der Waals surface area contributed by atoms with Crippen LogP contribution in [0.1, 0.15) is 28.0 Å². The number of aromatic nitrogens is 4. The molecule has 1 aromatic carbocycles. The lowest BCUT2D eigenvalue weighted by Crippen LogP contribution is -2.30. The SMILES string of the molecule is Cc1nc(-c2ccc3c(c2)OC[C@H]3NC(=O)c2ccnn2C)no1. The van der Waals surface area contributed by atoms with E-state index in [1.54, 1.807) is 26.2 Å². The highest BCUT2D eigenvalue weighted by Gasteiger charge is 2.27. The number of aryl methyl sites for hydroxylation is 2. The Hall–Kier alpha value is -3.16. The maximum absolute atomic E-state index is 12.3. The summed E-state index contributed by atoms with van der Waals surface area (Å²) >= 11 is 0. The summed E-state index contributed by atoms with van der Waals surface area (Å²) in [5.41, 5.74) is 2.24. The first-order chi connectivity index (χ1) is 11.6. The molecule has 0 bridgehead atoms. The van der Waals surface area contributed by atoms with Crippen LogP contribution < -0.4 is 10.1 Å². The van der Waals surface area contributed by atoms with Gasteiger partial charge < -0.3 is 14.6 Å². The van der Waals surface area contributed by atoms with Crippen LogP contribution in [0.3, 0.4) is 0 Å². The molecule has 1 atom stereocenters. The first kappa shape index (κ1) is 14.4. The van der Waals surface area contributed by atoms with E-state index in [-0.39, 0.29) is 11.9 Å². The van der Waals surface area contributed by atoms with Gasteiger partial charge in [-0.2, -0.15) is 10.1 Å². The quantitative estimate of drug-likeness (QED) is 0.786. The second-order valence-corrected chi connectivity index (χ2v) is 5.57. The maximum Gasteiger partial charge on any atom is 0.270 e. The molecule has 0 unspecified atom stereocenters. The summed E-state index contributed by atoms with van der Waals surface area (Å²) in [6, 6.07) is 7.13. The highest BCUT2D eigenvalue weighted by Crippen LogP contribution is 2.35. The number of amides is 1. The molecule has 1 aliphatic rings. The van der Waals surface area contributed by atoms with Gasteiger partial charge in [0.05, 0.1) is 6.04 Å². The molecule has 0 aliphatic carbocycles. The van der Waals surface area contributed by atoms with Gasteiger partial charge in [-0.15, -0.1) is 0 Å². The number of hydrogen-bond acceptors (Lipinski definition) is 6. The Bertz CT molecular complexity index is 914. The van der Waals surface area contributed by atoms with E-state index in [1.165, 1.54) is 4.68 Å². The van der Waals surface area contributed by atoms with Gasteiger partial charge in [0.25, 0.3) is 5.91 Å². The highest BCUT2D eigenvalue weighted by atomic mass is 16.5. The van der Waals surface area contributed by atoms with E-state index < -0.39 is 0 Å². The van der Waals surface area contributed by atoms with Gasteiger partial charge >= 0.3 is 0 Å². The molecule has 3 heterocycles. The van der Waals surface area contributed by atoms with E-state index in [1.807, 2.05) is 18.2 Å². The van der Waals surface area contributed by atoms with Crippen LogP contribution in [0, 0.1) is 6.92 Å². The van der Waals surface area contributed by atoms with Crippen molar-refractivity contribution in [2.75, 3.05) is 6.61 Å². The minimum atomic E-state index is -0.205. The van der Waals surface area contributed by atoms with Crippen molar-refractivity contribution in [2.45, 2.75) is 13.0 Å². The second-order valence-electron chi connectivity index (χ2n) is 5.57. The minimum absolute atomic E-state index is 0.186. The molecule has 1 aliphatic heterocycles. The molecule has 4 rings (SSSR count). The fourth-order valence-corrected chi connectivity index (χ4v) is 2.71. The average molecular weight is 325 g/mol. The first-order valence-electron chi connectivity index (χ1n) is 7.48. The molecule has 122 valence electrons. The Balaban J connectivity index is 1.56. The molecule has 0 fully saturated rings. The Kier molecular flexibility index (Phi) is 3.30. The summed E-state index contributed by atoms with van der Waals surface area (Å²) in [6.07, 6.45) is 1.59. The van der Waals surface area contributed by atoms with Gasteiger partial charge in [0.1, 0.15) is 18.1 Å². The Morgan fingerprint density at radius 2 is 2.25 bits per heavy atom. The van der Waals surface area contributed by atoms with Gasteiger partial charge in [0, 0.05) is 31.3 Å². The van der Waals surface area contributed by atoms with Gasteiger partial charge in [0.2, 0.25) is 11.7 Å². The molecule has 1 N–H and O–H groups in total. The van der Waals surface area contributed by atoms with Crippen molar-refractivity contribution in [3.63, 3.8) is 0 Å². The zero-order valence-electron chi connectivity index (χ0n) is 13.2. The third-order valence-corrected chi connectivity index (χ3v) is 3.94. The maximum atomic E-state index is 12.3. The van der Waals surface area contributed by atoms with Crippen LogP contribution in [0.2, 0.25) is 0 Å². The molecule has 0 saturated carbocycles. The zero-order valence-corrected chi connectivity index (χ0v) is 13.2. The Labute approximate surface area is 137 Å². The third-order valence-electron chi connectivity index (χ3n) is 3.94. The summed E-state index contributed by atoms with van der Waals surface area (Å²) in [6.45, 7) is 2.12. The molecule has 0 radical (unpaired) electrons. The molecule has 0 saturated heterocycles. The molecule has 8 heteroatoms.